The van der Waals surface area contributed by atoms with E-state index in [1.165, 1.54) is 34.6 Å². The monoisotopic (exact) mass is 434 g/mol. The first-order valence-electron chi connectivity index (χ1n) is 11.7. The number of carboxylic acids is 1. The highest BCUT2D eigenvalue weighted by Crippen LogP contribution is 2.42. The molecule has 1 atom stereocenters. The topological polar surface area (TPSA) is 55.9 Å². The van der Waals surface area contributed by atoms with E-state index in [9.17, 15) is 9.90 Å². The Balaban J connectivity index is 1.67. The molecule has 2 saturated heterocycles. The molecule has 2 fully saturated rings. The maximum Gasteiger partial charge on any atom is 0.303 e. The van der Waals surface area contributed by atoms with Gasteiger partial charge in [0.15, 0.2) is 5.71 Å². The number of carbonyl (C=O) groups is 1. The number of fused-ring (bicyclic) bond motifs is 2. The standard InChI is InChI=1S/C25H31N3O2Si/c1-18(2)31(15-3-6-25(29)30)23-16-19(27-11-4-12-27)7-9-21(23)26-22-10-8-20(17-24(22)31)28-13-5-14-28/h7-10,16-18H,3-6,11-15H2,1-2H3/p+1. The van der Waals surface area contributed by atoms with Gasteiger partial charge in [-0.25, -0.2) is 9.57 Å². The fourth-order valence-electron chi connectivity index (χ4n) is 5.47. The van der Waals surface area contributed by atoms with E-state index in [0.29, 0.717) is 5.54 Å². The summed E-state index contributed by atoms with van der Waals surface area (Å²) >= 11 is 0. The lowest BCUT2D eigenvalue weighted by Gasteiger charge is -2.43. The van der Waals surface area contributed by atoms with Crippen LogP contribution < -0.4 is 10.1 Å². The summed E-state index contributed by atoms with van der Waals surface area (Å²) in [4.78, 5) is 18.9. The minimum Gasteiger partial charge on any atom is -0.481 e. The number of carboxylic acid groups (broad SMARTS) is 1. The van der Waals surface area contributed by atoms with Gasteiger partial charge in [0.05, 0.1) is 17.8 Å². The van der Waals surface area contributed by atoms with E-state index in [4.69, 9.17) is 4.99 Å². The zero-order valence-electron chi connectivity index (χ0n) is 18.6. The molecule has 3 aliphatic heterocycles. The molecule has 0 aromatic heterocycles. The second kappa shape index (κ2) is 7.90. The number of aliphatic imine (C=N–C) groups is 1. The summed E-state index contributed by atoms with van der Waals surface area (Å²) in [5.41, 5.74) is 5.28. The lowest BCUT2D eigenvalue weighted by Crippen LogP contribution is -2.57. The van der Waals surface area contributed by atoms with Gasteiger partial charge in [-0.3, -0.25) is 4.79 Å². The first-order valence-corrected chi connectivity index (χ1v) is 14.0. The van der Waals surface area contributed by atoms with Crippen molar-refractivity contribution in [2.75, 3.05) is 31.1 Å². The Morgan fingerprint density at radius 2 is 2.03 bits per heavy atom. The van der Waals surface area contributed by atoms with Gasteiger partial charge in [0.2, 0.25) is 0 Å². The van der Waals surface area contributed by atoms with Gasteiger partial charge in [0.1, 0.15) is 21.2 Å². The molecule has 0 bridgehead atoms. The van der Waals surface area contributed by atoms with Gasteiger partial charge in [-0.2, -0.15) is 0 Å². The molecule has 4 aliphatic rings. The molecule has 162 valence electrons. The van der Waals surface area contributed by atoms with Crippen LogP contribution in [0.5, 0.6) is 0 Å². The van der Waals surface area contributed by atoms with Crippen LogP contribution in [0, 0.1) is 0 Å². The molecule has 6 heteroatoms. The number of allylic oxidation sites excluding steroid dienone is 4. The highest BCUT2D eigenvalue weighted by Gasteiger charge is 2.48. The number of benzene rings is 1. The van der Waals surface area contributed by atoms with Crippen molar-refractivity contribution >= 4 is 42.0 Å². The molecule has 1 aromatic carbocycles. The zero-order valence-corrected chi connectivity index (χ0v) is 19.6. The summed E-state index contributed by atoms with van der Waals surface area (Å²) < 4.78 is 2.45. The van der Waals surface area contributed by atoms with Crippen molar-refractivity contribution in [3.63, 3.8) is 0 Å². The van der Waals surface area contributed by atoms with E-state index < -0.39 is 14.0 Å². The molecule has 0 radical (unpaired) electrons. The van der Waals surface area contributed by atoms with Crippen molar-refractivity contribution in [1.29, 1.82) is 0 Å². The molecule has 1 N–H and O–H groups in total. The largest absolute Gasteiger partial charge is 0.481 e. The van der Waals surface area contributed by atoms with E-state index in [-0.39, 0.29) is 6.42 Å². The summed E-state index contributed by atoms with van der Waals surface area (Å²) in [5.74, 6) is -0.697. The van der Waals surface area contributed by atoms with E-state index in [2.05, 4.69) is 59.8 Å². The van der Waals surface area contributed by atoms with Crippen LogP contribution in [0.1, 0.15) is 39.5 Å². The van der Waals surface area contributed by atoms with Crippen molar-refractivity contribution in [3.05, 3.63) is 41.6 Å². The molecular formula is C25H32N3O2Si+. The van der Waals surface area contributed by atoms with Crippen LogP contribution in [0.4, 0.5) is 11.4 Å². The third-order valence-electron chi connectivity index (χ3n) is 7.55. The van der Waals surface area contributed by atoms with Crippen LogP contribution in [0.3, 0.4) is 0 Å². The van der Waals surface area contributed by atoms with E-state index in [1.54, 1.807) is 0 Å². The number of nitrogens with zero attached hydrogens (tertiary/aromatic N) is 3. The van der Waals surface area contributed by atoms with Gasteiger partial charge in [0.25, 0.3) is 0 Å². The van der Waals surface area contributed by atoms with Gasteiger partial charge in [-0.1, -0.05) is 13.8 Å². The van der Waals surface area contributed by atoms with E-state index >= 15 is 0 Å². The van der Waals surface area contributed by atoms with Crippen molar-refractivity contribution in [3.8, 4) is 0 Å². The van der Waals surface area contributed by atoms with Crippen LogP contribution in [0.2, 0.25) is 11.6 Å². The molecule has 1 aliphatic carbocycles. The summed E-state index contributed by atoms with van der Waals surface area (Å²) in [6, 6.07) is 7.79. The fraction of sp³-hybridized carbons (Fsp3) is 0.480. The lowest BCUT2D eigenvalue weighted by molar-refractivity contribution is -0.582. The van der Waals surface area contributed by atoms with E-state index in [1.807, 2.05) is 0 Å². The first kappa shape index (κ1) is 20.4. The second-order valence-electron chi connectivity index (χ2n) is 9.57. The molecule has 1 aromatic rings. The van der Waals surface area contributed by atoms with Gasteiger partial charge in [-0.05, 0) is 59.1 Å². The highest BCUT2D eigenvalue weighted by molar-refractivity contribution is 7.03. The average molecular weight is 435 g/mol. The van der Waals surface area contributed by atoms with Crippen LogP contribution in [-0.4, -0.2) is 61.3 Å². The molecule has 31 heavy (non-hydrogen) atoms. The van der Waals surface area contributed by atoms with Crippen molar-refractivity contribution in [2.24, 2.45) is 4.99 Å². The number of aliphatic carboxylic acids is 1. The molecule has 5 rings (SSSR count). The van der Waals surface area contributed by atoms with Crippen LogP contribution in [0.15, 0.2) is 46.6 Å². The maximum absolute atomic E-state index is 11.4. The van der Waals surface area contributed by atoms with Crippen molar-refractivity contribution < 1.29 is 14.5 Å². The van der Waals surface area contributed by atoms with Gasteiger partial charge >= 0.3 is 5.97 Å². The summed E-state index contributed by atoms with van der Waals surface area (Å²) in [5, 5.41) is 12.2. The Kier molecular flexibility index (Phi) is 5.20. The quantitative estimate of drug-likeness (QED) is 0.421. The third kappa shape index (κ3) is 3.41. The number of hydrogen-bond donors (Lipinski definition) is 1. The number of rotatable bonds is 6. The number of hydrogen-bond acceptors (Lipinski definition) is 3. The van der Waals surface area contributed by atoms with Crippen molar-refractivity contribution in [1.82, 2.24) is 0 Å². The van der Waals surface area contributed by atoms with Crippen LogP contribution in [0.25, 0.3) is 0 Å². The molecular weight excluding hydrogens is 402 g/mol. The lowest BCUT2D eigenvalue weighted by atomic mass is 10.1. The molecule has 0 saturated carbocycles. The predicted octanol–water partition coefficient (Wildman–Crippen LogP) is 3.81. The average Bonchev–Trinajstić information content (AvgIpc) is 2.65. The Labute approximate surface area is 185 Å². The fourth-order valence-corrected chi connectivity index (χ4v) is 10.9. The second-order valence-corrected chi connectivity index (χ2v) is 14.2. The Bertz CT molecular complexity index is 1040. The maximum atomic E-state index is 11.4. The molecule has 3 heterocycles. The molecule has 1 unspecified atom stereocenters. The van der Waals surface area contributed by atoms with Gasteiger partial charge in [0, 0.05) is 37.3 Å². The molecule has 0 spiro atoms. The third-order valence-corrected chi connectivity index (χ3v) is 13.4. The summed E-state index contributed by atoms with van der Waals surface area (Å²) in [6.45, 7) is 9.19. The first-order chi connectivity index (χ1) is 15.0. The predicted molar refractivity (Wildman–Crippen MR) is 129 cm³/mol. The Morgan fingerprint density at radius 3 is 2.65 bits per heavy atom. The normalized spacial score (nSPS) is 24.2. The zero-order chi connectivity index (χ0) is 21.6. The molecule has 5 nitrogen and oxygen atoms in total. The van der Waals surface area contributed by atoms with Crippen LogP contribution >= 0.6 is 0 Å². The summed E-state index contributed by atoms with van der Waals surface area (Å²) in [7, 11) is -2.21. The van der Waals surface area contributed by atoms with E-state index in [0.717, 1.165) is 50.0 Å². The van der Waals surface area contributed by atoms with Crippen LogP contribution in [-0.2, 0) is 4.79 Å². The minimum absolute atomic E-state index is 0.237. The smallest absolute Gasteiger partial charge is 0.303 e. The Morgan fingerprint density at radius 1 is 1.23 bits per heavy atom. The van der Waals surface area contributed by atoms with Crippen molar-refractivity contribution in [2.45, 2.75) is 51.1 Å². The number of anilines is 1. The highest BCUT2D eigenvalue weighted by atomic mass is 28.3. The van der Waals surface area contributed by atoms with Gasteiger partial charge < -0.3 is 10.0 Å². The summed E-state index contributed by atoms with van der Waals surface area (Å²) in [6.07, 6.45) is 10.3. The molecule has 0 amide bonds. The SMILES string of the molecule is CC(C)[Si]1(CCCC(=O)O)C2=CC(=[N+]3CCC3)C=CC2=Nc2ccc(N3CCC3)cc21. The van der Waals surface area contributed by atoms with Gasteiger partial charge in [-0.15, -0.1) is 0 Å². The Hall–Kier alpha value is -2.47. The minimum atomic E-state index is -2.21.